The molecule has 0 spiro atoms. The van der Waals surface area contributed by atoms with Gasteiger partial charge in [0, 0.05) is 35.7 Å². The molecule has 1 aliphatic heterocycles. The van der Waals surface area contributed by atoms with Crippen molar-refractivity contribution in [2.45, 2.75) is 25.7 Å². The summed E-state index contributed by atoms with van der Waals surface area (Å²) < 4.78 is 0. The molecule has 0 fully saturated rings. The van der Waals surface area contributed by atoms with Crippen LogP contribution in [0.25, 0.3) is 0 Å². The molecule has 134 valence electrons. The number of hydrogen-bond acceptors (Lipinski definition) is 3. The molecule has 0 atom stereocenters. The lowest BCUT2D eigenvalue weighted by molar-refractivity contribution is -0.125. The molecule has 5 nitrogen and oxygen atoms in total. The summed E-state index contributed by atoms with van der Waals surface area (Å²) in [6, 6.07) is 15.1. The second kappa shape index (κ2) is 8.63. The lowest BCUT2D eigenvalue weighted by Crippen LogP contribution is -2.36. The van der Waals surface area contributed by atoms with E-state index in [0.29, 0.717) is 11.6 Å². The molecule has 0 saturated carbocycles. The second-order valence-electron chi connectivity index (χ2n) is 6.09. The number of hydrazone groups is 1. The molecule has 26 heavy (non-hydrogen) atoms. The molecular weight excluding hydrogens is 350 g/mol. The van der Waals surface area contributed by atoms with E-state index in [2.05, 4.69) is 10.5 Å². The number of anilines is 1. The zero-order valence-electron chi connectivity index (χ0n) is 14.3. The number of para-hydroxylation sites is 1. The molecule has 6 heteroatoms. The number of carbonyl (C=O) groups excluding carboxylic acids is 2. The smallest absolute Gasteiger partial charge is 0.240 e. The molecule has 0 aromatic heterocycles. The number of aryl methyl sites for hydroxylation is 1. The van der Waals surface area contributed by atoms with Crippen molar-refractivity contribution in [2.24, 2.45) is 5.10 Å². The standard InChI is InChI=1S/C20H20ClN3O2/c21-17-9-3-1-7-16(17)14-22-23-19(25)11-12-20(26)24-13-5-8-15-6-2-4-10-18(15)24/h1-4,6-7,9-10,14H,5,8,11-13H2,(H,23,25)/b22-14+. The number of rotatable bonds is 5. The first-order valence-corrected chi connectivity index (χ1v) is 8.97. The molecule has 0 aliphatic carbocycles. The third kappa shape index (κ3) is 4.49. The van der Waals surface area contributed by atoms with Crippen molar-refractivity contribution in [3.05, 3.63) is 64.7 Å². The van der Waals surface area contributed by atoms with Gasteiger partial charge >= 0.3 is 0 Å². The monoisotopic (exact) mass is 369 g/mol. The van der Waals surface area contributed by atoms with Gasteiger partial charge in [-0.15, -0.1) is 0 Å². The van der Waals surface area contributed by atoms with Crippen LogP contribution in [0.15, 0.2) is 53.6 Å². The maximum absolute atomic E-state index is 12.5. The van der Waals surface area contributed by atoms with Gasteiger partial charge in [0.05, 0.1) is 6.21 Å². The number of fused-ring (bicyclic) bond motifs is 1. The van der Waals surface area contributed by atoms with Crippen molar-refractivity contribution in [2.75, 3.05) is 11.4 Å². The topological polar surface area (TPSA) is 61.8 Å². The fourth-order valence-electron chi connectivity index (χ4n) is 2.96. The molecule has 1 N–H and O–H groups in total. The third-order valence-electron chi connectivity index (χ3n) is 4.28. The summed E-state index contributed by atoms with van der Waals surface area (Å²) in [5.41, 5.74) is 5.30. The number of nitrogens with one attached hydrogen (secondary N) is 1. The molecule has 0 saturated heterocycles. The van der Waals surface area contributed by atoms with Crippen molar-refractivity contribution >= 4 is 35.3 Å². The fraction of sp³-hybridized carbons (Fsp3) is 0.250. The summed E-state index contributed by atoms with van der Waals surface area (Å²) in [7, 11) is 0. The maximum atomic E-state index is 12.5. The Labute approximate surface area is 157 Å². The average molecular weight is 370 g/mol. The summed E-state index contributed by atoms with van der Waals surface area (Å²) in [5.74, 6) is -0.339. The Hall–Kier alpha value is -2.66. The van der Waals surface area contributed by atoms with Crippen LogP contribution in [0.3, 0.4) is 0 Å². The first kappa shape index (κ1) is 18.1. The van der Waals surface area contributed by atoms with E-state index in [4.69, 9.17) is 11.6 Å². The molecule has 0 unspecified atom stereocenters. The minimum atomic E-state index is -0.299. The lowest BCUT2D eigenvalue weighted by Gasteiger charge is -2.29. The van der Waals surface area contributed by atoms with Crippen molar-refractivity contribution in [1.82, 2.24) is 5.43 Å². The quantitative estimate of drug-likeness (QED) is 0.647. The highest BCUT2D eigenvalue weighted by Crippen LogP contribution is 2.27. The lowest BCUT2D eigenvalue weighted by atomic mass is 10.0. The molecule has 3 rings (SSSR count). The number of hydrogen-bond donors (Lipinski definition) is 1. The molecule has 2 aromatic rings. The Bertz CT molecular complexity index is 835. The van der Waals surface area contributed by atoms with Crippen molar-refractivity contribution in [3.63, 3.8) is 0 Å². The first-order valence-electron chi connectivity index (χ1n) is 8.60. The van der Waals surface area contributed by atoms with Crippen LogP contribution in [0.5, 0.6) is 0 Å². The fourth-order valence-corrected chi connectivity index (χ4v) is 3.14. The molecule has 0 bridgehead atoms. The van der Waals surface area contributed by atoms with Crippen molar-refractivity contribution < 1.29 is 9.59 Å². The Morgan fingerprint density at radius 1 is 1.12 bits per heavy atom. The second-order valence-corrected chi connectivity index (χ2v) is 6.50. The van der Waals surface area contributed by atoms with E-state index >= 15 is 0 Å². The van der Waals surface area contributed by atoms with Gasteiger partial charge in [0.25, 0.3) is 0 Å². The van der Waals surface area contributed by atoms with Crippen molar-refractivity contribution in [3.8, 4) is 0 Å². The van der Waals surface area contributed by atoms with E-state index in [9.17, 15) is 9.59 Å². The molecule has 2 aromatic carbocycles. The average Bonchev–Trinajstić information content (AvgIpc) is 2.67. The Balaban J connectivity index is 1.51. The van der Waals surface area contributed by atoms with Gasteiger partial charge in [-0.25, -0.2) is 5.43 Å². The zero-order chi connectivity index (χ0) is 18.4. The number of benzene rings is 2. The molecule has 1 heterocycles. The van der Waals surface area contributed by atoms with Crippen LogP contribution >= 0.6 is 11.6 Å². The highest BCUT2D eigenvalue weighted by molar-refractivity contribution is 6.33. The predicted octanol–water partition coefficient (Wildman–Crippen LogP) is 3.55. The Morgan fingerprint density at radius 3 is 2.73 bits per heavy atom. The Kier molecular flexibility index (Phi) is 6.02. The summed E-state index contributed by atoms with van der Waals surface area (Å²) in [5, 5.41) is 4.45. The van der Waals surface area contributed by atoms with E-state index in [1.54, 1.807) is 17.0 Å². The van der Waals surface area contributed by atoms with Crippen LogP contribution in [0.4, 0.5) is 5.69 Å². The van der Waals surface area contributed by atoms with Gasteiger partial charge in [-0.3, -0.25) is 9.59 Å². The SMILES string of the molecule is O=C(CCC(=O)N1CCCc2ccccc21)N/N=C/c1ccccc1Cl. The largest absolute Gasteiger partial charge is 0.312 e. The molecule has 2 amide bonds. The number of halogens is 1. The summed E-state index contributed by atoms with van der Waals surface area (Å²) in [6.07, 6.45) is 3.66. The van der Waals surface area contributed by atoms with Gasteiger partial charge in [0.2, 0.25) is 11.8 Å². The molecular formula is C20H20ClN3O2. The number of amides is 2. The first-order chi connectivity index (χ1) is 12.6. The van der Waals surface area contributed by atoms with E-state index in [-0.39, 0.29) is 24.7 Å². The molecule has 0 radical (unpaired) electrons. The van der Waals surface area contributed by atoms with E-state index < -0.39 is 0 Å². The van der Waals surface area contributed by atoms with Crippen LogP contribution in [0.2, 0.25) is 5.02 Å². The van der Waals surface area contributed by atoms with Gasteiger partial charge in [0.1, 0.15) is 0 Å². The van der Waals surface area contributed by atoms with Gasteiger partial charge in [-0.2, -0.15) is 5.10 Å². The van der Waals surface area contributed by atoms with Gasteiger partial charge < -0.3 is 4.90 Å². The van der Waals surface area contributed by atoms with Gasteiger partial charge in [-0.05, 0) is 30.5 Å². The summed E-state index contributed by atoms with van der Waals surface area (Å²) in [4.78, 5) is 26.2. The van der Waals surface area contributed by atoms with Gasteiger partial charge in [-0.1, -0.05) is 48.0 Å². The zero-order valence-corrected chi connectivity index (χ0v) is 15.1. The maximum Gasteiger partial charge on any atom is 0.240 e. The highest BCUT2D eigenvalue weighted by atomic mass is 35.5. The summed E-state index contributed by atoms with van der Waals surface area (Å²) in [6.45, 7) is 0.697. The normalized spacial score (nSPS) is 13.5. The van der Waals surface area contributed by atoms with E-state index in [1.165, 1.54) is 11.8 Å². The molecule has 1 aliphatic rings. The van der Waals surface area contributed by atoms with E-state index in [0.717, 1.165) is 24.1 Å². The number of nitrogens with zero attached hydrogens (tertiary/aromatic N) is 2. The van der Waals surface area contributed by atoms with Crippen molar-refractivity contribution in [1.29, 1.82) is 0 Å². The minimum Gasteiger partial charge on any atom is -0.312 e. The van der Waals surface area contributed by atoms with Gasteiger partial charge in [0.15, 0.2) is 0 Å². The summed E-state index contributed by atoms with van der Waals surface area (Å²) >= 11 is 6.02. The van der Waals surface area contributed by atoms with Crippen LogP contribution < -0.4 is 10.3 Å². The van der Waals surface area contributed by atoms with Crippen LogP contribution in [0.1, 0.15) is 30.4 Å². The third-order valence-corrected chi connectivity index (χ3v) is 4.62. The number of carbonyl (C=O) groups is 2. The van der Waals surface area contributed by atoms with Crippen LogP contribution in [0, 0.1) is 0 Å². The van der Waals surface area contributed by atoms with Crippen LogP contribution in [-0.4, -0.2) is 24.6 Å². The van der Waals surface area contributed by atoms with E-state index in [1.807, 2.05) is 36.4 Å². The minimum absolute atomic E-state index is 0.0395. The van der Waals surface area contributed by atoms with Crippen LogP contribution in [-0.2, 0) is 16.0 Å². The Morgan fingerprint density at radius 2 is 1.88 bits per heavy atom. The predicted molar refractivity (Wildman–Crippen MR) is 104 cm³/mol. The highest BCUT2D eigenvalue weighted by Gasteiger charge is 2.22.